The summed E-state index contributed by atoms with van der Waals surface area (Å²) in [6.45, 7) is 4.72. The van der Waals surface area contributed by atoms with Crippen LogP contribution in [0.2, 0.25) is 0 Å². The molecule has 0 bridgehead atoms. The molecule has 0 amide bonds. The fourth-order valence-electron chi connectivity index (χ4n) is 7.30. The Hall–Kier alpha value is -4.18. The van der Waals surface area contributed by atoms with E-state index in [0.717, 1.165) is 6.42 Å². The smallest absolute Gasteiger partial charge is 0.0590 e. The van der Waals surface area contributed by atoms with E-state index in [0.29, 0.717) is 5.92 Å². The number of rotatable bonds is 3. The van der Waals surface area contributed by atoms with E-state index < -0.39 is 0 Å². The van der Waals surface area contributed by atoms with Crippen molar-refractivity contribution in [3.8, 4) is 11.1 Å². The summed E-state index contributed by atoms with van der Waals surface area (Å²) in [4.78, 5) is 0. The molecule has 2 aliphatic carbocycles. The molecular weight excluding hydrogens is 547 g/mol. The van der Waals surface area contributed by atoms with Gasteiger partial charge in [-0.2, -0.15) is 0 Å². The van der Waals surface area contributed by atoms with Crippen molar-refractivity contribution in [2.24, 2.45) is 0 Å². The van der Waals surface area contributed by atoms with E-state index >= 15 is 0 Å². The number of nitrogens with one attached hydrogen (secondary N) is 1. The fourth-order valence-corrected chi connectivity index (χ4v) is 9.91. The van der Waals surface area contributed by atoms with Crippen LogP contribution in [0.25, 0.3) is 51.5 Å². The van der Waals surface area contributed by atoms with Crippen LogP contribution in [0.1, 0.15) is 42.9 Å². The average molecular weight is 576 g/mol. The highest BCUT2D eigenvalue weighted by atomic mass is 32.1. The lowest BCUT2D eigenvalue weighted by atomic mass is 9.82. The molecule has 0 radical (unpaired) electrons. The summed E-state index contributed by atoms with van der Waals surface area (Å²) in [6, 6.07) is 36.0. The Morgan fingerprint density at radius 3 is 2.31 bits per heavy atom. The molecule has 2 heterocycles. The first-order valence-corrected chi connectivity index (χ1v) is 16.4. The van der Waals surface area contributed by atoms with E-state index in [2.05, 4.69) is 134 Å². The van der Waals surface area contributed by atoms with E-state index in [9.17, 15) is 0 Å². The maximum Gasteiger partial charge on any atom is 0.0590 e. The standard InChI is InChI=1S/C39H29NS2/c1-39(2)31-14-5-3-10-30(31)35-32(39)22-21-29-28-13-8-15-33(37(28)42-38(29)35)40-24-19-17-23(18-20-24)25-11-7-12-27-26-9-4-6-16-34(26)41-36(25)27/h3-17,19-23,40H,18H2,1-2H3. The van der Waals surface area contributed by atoms with E-state index in [1.54, 1.807) is 0 Å². The molecule has 0 saturated heterocycles. The lowest BCUT2D eigenvalue weighted by molar-refractivity contribution is 0.661. The second-order valence-corrected chi connectivity index (χ2v) is 14.2. The number of fused-ring (bicyclic) bond motifs is 10. The first-order chi connectivity index (χ1) is 20.6. The zero-order valence-corrected chi connectivity index (χ0v) is 25.2. The minimum Gasteiger partial charge on any atom is -0.355 e. The highest BCUT2D eigenvalue weighted by Crippen LogP contribution is 2.54. The number of thiophene rings is 2. The molecule has 0 spiro atoms. The molecule has 1 N–H and O–H groups in total. The van der Waals surface area contributed by atoms with Gasteiger partial charge >= 0.3 is 0 Å². The van der Waals surface area contributed by atoms with Gasteiger partial charge in [0.05, 0.1) is 10.4 Å². The summed E-state index contributed by atoms with van der Waals surface area (Å²) in [5.74, 6) is 0.387. The van der Waals surface area contributed by atoms with Gasteiger partial charge in [0.25, 0.3) is 0 Å². The Balaban J connectivity index is 1.08. The van der Waals surface area contributed by atoms with E-state index in [1.165, 1.54) is 79.5 Å². The molecule has 0 aliphatic heterocycles. The maximum atomic E-state index is 3.81. The van der Waals surface area contributed by atoms with Gasteiger partial charge in [0, 0.05) is 58.2 Å². The number of hydrogen-bond donors (Lipinski definition) is 1. The van der Waals surface area contributed by atoms with Crippen molar-refractivity contribution in [1.29, 1.82) is 0 Å². The summed E-state index contributed by atoms with van der Waals surface area (Å²) < 4.78 is 5.52. The van der Waals surface area contributed by atoms with Crippen LogP contribution in [-0.4, -0.2) is 0 Å². The molecule has 0 saturated carbocycles. The van der Waals surface area contributed by atoms with Gasteiger partial charge in [-0.05, 0) is 46.9 Å². The molecule has 202 valence electrons. The van der Waals surface area contributed by atoms with Gasteiger partial charge in [-0.1, -0.05) is 111 Å². The van der Waals surface area contributed by atoms with Crippen molar-refractivity contribution in [1.82, 2.24) is 0 Å². The summed E-state index contributed by atoms with van der Waals surface area (Å²) in [7, 11) is 0. The fraction of sp³-hybridized carbons (Fsp3) is 0.128. The third-order valence-corrected chi connectivity index (χ3v) is 11.9. The van der Waals surface area contributed by atoms with Gasteiger partial charge in [0.1, 0.15) is 0 Å². The maximum absolute atomic E-state index is 3.81. The number of benzene rings is 5. The second kappa shape index (κ2) is 8.91. The van der Waals surface area contributed by atoms with Crippen LogP contribution >= 0.6 is 22.7 Å². The molecule has 1 unspecified atom stereocenters. The minimum atomic E-state index is 0.0196. The summed E-state index contributed by atoms with van der Waals surface area (Å²) in [5.41, 5.74) is 9.51. The SMILES string of the molecule is CC1(C)c2ccccc2-c2c1ccc1c2sc2c(NC3=CCC(c4cccc5c4sc4ccccc45)C=C3)cccc21. The highest BCUT2D eigenvalue weighted by molar-refractivity contribution is 7.27. The van der Waals surface area contributed by atoms with Crippen molar-refractivity contribution in [3.05, 3.63) is 138 Å². The normalized spacial score (nSPS) is 17.2. The topological polar surface area (TPSA) is 12.0 Å². The highest BCUT2D eigenvalue weighted by Gasteiger charge is 2.36. The van der Waals surface area contributed by atoms with E-state index in [1.807, 2.05) is 22.7 Å². The third-order valence-electron chi connectivity index (χ3n) is 9.42. The Bertz CT molecular complexity index is 2290. The van der Waals surface area contributed by atoms with Crippen molar-refractivity contribution >= 4 is 68.7 Å². The Morgan fingerprint density at radius 1 is 0.667 bits per heavy atom. The van der Waals surface area contributed by atoms with Gasteiger partial charge in [0.15, 0.2) is 0 Å². The molecule has 1 atom stereocenters. The second-order valence-electron chi connectivity index (χ2n) is 12.1. The minimum absolute atomic E-state index is 0.0196. The van der Waals surface area contributed by atoms with Crippen molar-refractivity contribution in [2.75, 3.05) is 5.32 Å². The van der Waals surface area contributed by atoms with Crippen LogP contribution in [0.15, 0.2) is 121 Å². The number of hydrogen-bond acceptors (Lipinski definition) is 3. The molecule has 1 nitrogen and oxygen atoms in total. The monoisotopic (exact) mass is 575 g/mol. The van der Waals surface area contributed by atoms with E-state index in [-0.39, 0.29) is 5.41 Å². The van der Waals surface area contributed by atoms with Gasteiger partial charge in [0.2, 0.25) is 0 Å². The summed E-state index contributed by atoms with van der Waals surface area (Å²) in [5, 5.41) is 9.24. The molecule has 42 heavy (non-hydrogen) atoms. The number of allylic oxidation sites excluding steroid dienone is 3. The Morgan fingerprint density at radius 2 is 1.43 bits per heavy atom. The van der Waals surface area contributed by atoms with Crippen LogP contribution in [0.4, 0.5) is 5.69 Å². The van der Waals surface area contributed by atoms with Crippen molar-refractivity contribution in [3.63, 3.8) is 0 Å². The van der Waals surface area contributed by atoms with Gasteiger partial charge in [-0.3, -0.25) is 0 Å². The summed E-state index contributed by atoms with van der Waals surface area (Å²) in [6.07, 6.45) is 8.04. The largest absolute Gasteiger partial charge is 0.355 e. The van der Waals surface area contributed by atoms with Crippen LogP contribution in [0, 0.1) is 0 Å². The number of anilines is 1. The first-order valence-electron chi connectivity index (χ1n) is 14.7. The average Bonchev–Trinajstić information content (AvgIpc) is 3.67. The molecule has 3 heteroatoms. The molecule has 7 aromatic rings. The Kier molecular flexibility index (Phi) is 5.18. The van der Waals surface area contributed by atoms with Gasteiger partial charge < -0.3 is 5.32 Å². The first kappa shape index (κ1) is 24.4. The molecule has 2 aromatic heterocycles. The molecular formula is C39H29NS2. The van der Waals surface area contributed by atoms with Crippen molar-refractivity contribution in [2.45, 2.75) is 31.6 Å². The molecule has 2 aliphatic rings. The lowest BCUT2D eigenvalue weighted by Crippen LogP contribution is -2.14. The molecule has 9 rings (SSSR count). The zero-order chi connectivity index (χ0) is 28.0. The lowest BCUT2D eigenvalue weighted by Gasteiger charge is -2.21. The van der Waals surface area contributed by atoms with Crippen LogP contribution < -0.4 is 5.32 Å². The third kappa shape index (κ3) is 3.41. The molecule has 5 aromatic carbocycles. The van der Waals surface area contributed by atoms with Crippen LogP contribution in [0.5, 0.6) is 0 Å². The Labute approximate surface area is 253 Å². The predicted molar refractivity (Wildman–Crippen MR) is 184 cm³/mol. The quantitative estimate of drug-likeness (QED) is 0.221. The van der Waals surface area contributed by atoms with E-state index in [4.69, 9.17) is 0 Å². The van der Waals surface area contributed by atoms with Gasteiger partial charge in [-0.25, -0.2) is 0 Å². The van der Waals surface area contributed by atoms with Crippen LogP contribution in [0.3, 0.4) is 0 Å². The van der Waals surface area contributed by atoms with Crippen LogP contribution in [-0.2, 0) is 5.41 Å². The van der Waals surface area contributed by atoms with Crippen molar-refractivity contribution < 1.29 is 0 Å². The molecule has 0 fully saturated rings. The summed E-state index contributed by atoms with van der Waals surface area (Å²) >= 11 is 3.86. The predicted octanol–water partition coefficient (Wildman–Crippen LogP) is 11.8. The van der Waals surface area contributed by atoms with Gasteiger partial charge in [-0.15, -0.1) is 22.7 Å². The zero-order valence-electron chi connectivity index (χ0n) is 23.6.